The van der Waals surface area contributed by atoms with Crippen LogP contribution in [-0.4, -0.2) is 19.5 Å². The zero-order chi connectivity index (χ0) is 31.6. The number of nitrogens with one attached hydrogen (secondary N) is 1. The van der Waals surface area contributed by atoms with Crippen LogP contribution in [-0.2, 0) is 0 Å². The van der Waals surface area contributed by atoms with Gasteiger partial charge in [-0.3, -0.25) is 4.98 Å². The average Bonchev–Trinajstić information content (AvgIpc) is 3.70. The van der Waals surface area contributed by atoms with Gasteiger partial charge in [0, 0.05) is 55.3 Å². The minimum absolute atomic E-state index is 0.932. The fourth-order valence-corrected chi connectivity index (χ4v) is 7.29. The Morgan fingerprint density at radius 3 is 1.94 bits per heavy atom. The molecule has 0 aliphatic carbocycles. The predicted octanol–water partition coefficient (Wildman–Crippen LogP) is 11.4. The van der Waals surface area contributed by atoms with Crippen LogP contribution in [0.25, 0.3) is 93.8 Å². The second kappa shape index (κ2) is 10.5. The topological polar surface area (TPSA) is 46.5 Å². The van der Waals surface area contributed by atoms with Crippen molar-refractivity contribution in [3.8, 4) is 39.3 Å². The molecule has 0 bridgehead atoms. The number of hydrogen-bond acceptors (Lipinski definition) is 2. The summed E-state index contributed by atoms with van der Waals surface area (Å²) in [4.78, 5) is 13.7. The van der Waals surface area contributed by atoms with Crippen LogP contribution in [0.15, 0.2) is 164 Å². The van der Waals surface area contributed by atoms with Gasteiger partial charge in [0.25, 0.3) is 0 Å². The number of benzene rings is 6. The highest BCUT2D eigenvalue weighted by molar-refractivity contribution is 6.20. The maximum absolute atomic E-state index is 5.18. The average molecular weight is 613 g/mol. The summed E-state index contributed by atoms with van der Waals surface area (Å²) >= 11 is 0. The maximum Gasteiger partial charge on any atom is 0.0802 e. The molecule has 0 saturated carbocycles. The number of aromatic nitrogens is 4. The van der Waals surface area contributed by atoms with Crippen LogP contribution < -0.4 is 0 Å². The summed E-state index contributed by atoms with van der Waals surface area (Å²) < 4.78 is 2.40. The van der Waals surface area contributed by atoms with Crippen molar-refractivity contribution in [2.75, 3.05) is 0 Å². The van der Waals surface area contributed by atoms with Crippen LogP contribution in [0.3, 0.4) is 0 Å². The lowest BCUT2D eigenvalue weighted by Crippen LogP contribution is -1.98. The van der Waals surface area contributed by atoms with Crippen molar-refractivity contribution in [3.63, 3.8) is 0 Å². The van der Waals surface area contributed by atoms with Crippen molar-refractivity contribution in [1.82, 2.24) is 19.5 Å². The molecule has 0 aliphatic heterocycles. The van der Waals surface area contributed by atoms with Gasteiger partial charge >= 0.3 is 0 Å². The van der Waals surface area contributed by atoms with Crippen molar-refractivity contribution < 1.29 is 0 Å². The highest BCUT2D eigenvalue weighted by Crippen LogP contribution is 2.40. The molecule has 10 aromatic rings. The number of para-hydroxylation sites is 1. The first-order valence-electron chi connectivity index (χ1n) is 16.2. The molecule has 224 valence electrons. The van der Waals surface area contributed by atoms with E-state index in [1.807, 2.05) is 24.4 Å². The van der Waals surface area contributed by atoms with E-state index in [0.29, 0.717) is 0 Å². The molecule has 48 heavy (non-hydrogen) atoms. The summed E-state index contributed by atoms with van der Waals surface area (Å²) in [5, 5.41) is 5.92. The minimum atomic E-state index is 0.932. The molecule has 0 aliphatic rings. The third-order valence-electron chi connectivity index (χ3n) is 9.55. The van der Waals surface area contributed by atoms with E-state index in [4.69, 9.17) is 9.97 Å². The Kier molecular flexibility index (Phi) is 5.84. The number of H-pyrrole nitrogens is 1. The third-order valence-corrected chi connectivity index (χ3v) is 9.55. The van der Waals surface area contributed by atoms with E-state index in [2.05, 4.69) is 149 Å². The van der Waals surface area contributed by atoms with E-state index in [0.717, 1.165) is 72.1 Å². The normalized spacial score (nSPS) is 11.8. The van der Waals surface area contributed by atoms with Gasteiger partial charge < -0.3 is 9.55 Å². The molecule has 0 unspecified atom stereocenters. The molecule has 4 heterocycles. The summed E-state index contributed by atoms with van der Waals surface area (Å²) in [6.45, 7) is 0. The fraction of sp³-hybridized carbons (Fsp3) is 0. The van der Waals surface area contributed by atoms with Crippen LogP contribution >= 0.6 is 0 Å². The van der Waals surface area contributed by atoms with Crippen molar-refractivity contribution in [1.29, 1.82) is 0 Å². The molecule has 0 atom stereocenters. The molecular formula is C44H28N4. The predicted molar refractivity (Wildman–Crippen MR) is 200 cm³/mol. The Morgan fingerprint density at radius 1 is 0.458 bits per heavy atom. The molecular weight excluding hydrogens is 585 g/mol. The van der Waals surface area contributed by atoms with Crippen LogP contribution in [0.5, 0.6) is 0 Å². The number of rotatable bonds is 4. The Bertz CT molecular complexity index is 2770. The summed E-state index contributed by atoms with van der Waals surface area (Å²) in [7, 11) is 0. The molecule has 6 aromatic carbocycles. The largest absolute Gasteiger partial charge is 0.355 e. The van der Waals surface area contributed by atoms with E-state index in [9.17, 15) is 0 Å². The van der Waals surface area contributed by atoms with Crippen LogP contribution in [0.4, 0.5) is 0 Å². The van der Waals surface area contributed by atoms with Crippen molar-refractivity contribution in [3.05, 3.63) is 164 Å². The summed E-state index contributed by atoms with van der Waals surface area (Å²) in [5.41, 5.74) is 13.0. The number of hydrogen-bond donors (Lipinski definition) is 1. The Balaban J connectivity index is 1.28. The lowest BCUT2D eigenvalue weighted by molar-refractivity contribution is 1.16. The standard InChI is InChI=1S/C44H28N4/c1-3-10-28(11-4-1)39-26-33(27-40(47-39)29-12-5-2-6-13-29)48-41-22-19-30-14-9-23-45-44(30)43(41)35-20-17-32(25-42(35)48)31-18-21-38-36(24-31)34-15-7-8-16-37(34)46-38/h1-27,46H. The Hall–Kier alpha value is -6.52. The summed E-state index contributed by atoms with van der Waals surface area (Å²) in [6.07, 6.45) is 1.89. The quantitative estimate of drug-likeness (QED) is 0.215. The molecule has 4 heteroatoms. The van der Waals surface area contributed by atoms with Gasteiger partial charge in [0.05, 0.1) is 33.6 Å². The van der Waals surface area contributed by atoms with E-state index in [1.54, 1.807) is 0 Å². The van der Waals surface area contributed by atoms with Gasteiger partial charge in [0.1, 0.15) is 0 Å². The highest BCUT2D eigenvalue weighted by atomic mass is 15.0. The first-order chi connectivity index (χ1) is 23.8. The first kappa shape index (κ1) is 26.7. The molecule has 4 aromatic heterocycles. The van der Waals surface area contributed by atoms with E-state index >= 15 is 0 Å². The summed E-state index contributed by atoms with van der Waals surface area (Å²) in [5.74, 6) is 0. The van der Waals surface area contributed by atoms with Gasteiger partial charge in [-0.15, -0.1) is 0 Å². The first-order valence-corrected chi connectivity index (χ1v) is 16.2. The van der Waals surface area contributed by atoms with Gasteiger partial charge in [-0.05, 0) is 59.7 Å². The highest BCUT2D eigenvalue weighted by Gasteiger charge is 2.19. The molecule has 0 saturated heterocycles. The lowest BCUT2D eigenvalue weighted by atomic mass is 10.0. The lowest BCUT2D eigenvalue weighted by Gasteiger charge is -2.14. The van der Waals surface area contributed by atoms with Gasteiger partial charge in [-0.25, -0.2) is 4.98 Å². The fourth-order valence-electron chi connectivity index (χ4n) is 7.29. The van der Waals surface area contributed by atoms with Crippen LogP contribution in [0, 0.1) is 0 Å². The number of aromatic amines is 1. The Morgan fingerprint density at radius 2 is 1.15 bits per heavy atom. The summed E-state index contributed by atoms with van der Waals surface area (Å²) in [6, 6.07) is 56.0. The SMILES string of the molecule is c1ccc(-c2cc(-n3c4cc(-c5ccc6[nH]c7ccccc7c6c5)ccc4c4c5ncccc5ccc43)cc(-c3ccccc3)n2)cc1. The molecule has 0 fully saturated rings. The second-order valence-electron chi connectivity index (χ2n) is 12.4. The zero-order valence-corrected chi connectivity index (χ0v) is 25.9. The van der Waals surface area contributed by atoms with Gasteiger partial charge in [0.2, 0.25) is 0 Å². The molecule has 0 spiro atoms. The van der Waals surface area contributed by atoms with E-state index in [-0.39, 0.29) is 0 Å². The van der Waals surface area contributed by atoms with Gasteiger partial charge in [0.15, 0.2) is 0 Å². The monoisotopic (exact) mass is 612 g/mol. The van der Waals surface area contributed by atoms with E-state index < -0.39 is 0 Å². The van der Waals surface area contributed by atoms with E-state index in [1.165, 1.54) is 21.7 Å². The van der Waals surface area contributed by atoms with Crippen molar-refractivity contribution >= 4 is 54.5 Å². The number of fused-ring (bicyclic) bond motifs is 8. The van der Waals surface area contributed by atoms with Crippen molar-refractivity contribution in [2.24, 2.45) is 0 Å². The molecule has 1 N–H and O–H groups in total. The zero-order valence-electron chi connectivity index (χ0n) is 25.9. The van der Waals surface area contributed by atoms with Crippen LogP contribution in [0.1, 0.15) is 0 Å². The maximum atomic E-state index is 5.18. The minimum Gasteiger partial charge on any atom is -0.355 e. The van der Waals surface area contributed by atoms with Gasteiger partial charge in [-0.1, -0.05) is 109 Å². The smallest absolute Gasteiger partial charge is 0.0802 e. The molecule has 10 rings (SSSR count). The van der Waals surface area contributed by atoms with Gasteiger partial charge in [-0.2, -0.15) is 0 Å². The molecule has 0 amide bonds. The molecule has 4 nitrogen and oxygen atoms in total. The number of nitrogens with zero attached hydrogens (tertiary/aromatic N) is 3. The number of pyridine rings is 2. The van der Waals surface area contributed by atoms with Crippen molar-refractivity contribution in [2.45, 2.75) is 0 Å². The third kappa shape index (κ3) is 4.16. The van der Waals surface area contributed by atoms with Crippen LogP contribution in [0.2, 0.25) is 0 Å². The Labute approximate surface area is 276 Å². The molecule has 0 radical (unpaired) electrons. The second-order valence-corrected chi connectivity index (χ2v) is 12.4.